The summed E-state index contributed by atoms with van der Waals surface area (Å²) in [5, 5.41) is 7.07. The minimum atomic E-state index is 0. The molecule has 0 aromatic heterocycles. The van der Waals surface area contributed by atoms with Crippen molar-refractivity contribution < 1.29 is 4.74 Å². The minimum Gasteiger partial charge on any atom is -0.383 e. The predicted octanol–water partition coefficient (Wildman–Crippen LogP) is 3.07. The molecule has 0 radical (unpaired) electrons. The third-order valence-corrected chi connectivity index (χ3v) is 5.52. The molecule has 1 aliphatic carbocycles. The van der Waals surface area contributed by atoms with Crippen molar-refractivity contribution in [2.45, 2.75) is 38.1 Å². The molecule has 0 amide bonds. The highest BCUT2D eigenvalue weighted by Gasteiger charge is 2.37. The van der Waals surface area contributed by atoms with Gasteiger partial charge < -0.3 is 20.3 Å². The number of aliphatic imine (C=N–C) groups is 1. The number of halogens is 1. The zero-order valence-electron chi connectivity index (χ0n) is 16.7. The van der Waals surface area contributed by atoms with Gasteiger partial charge in [0.25, 0.3) is 0 Å². The molecule has 2 atom stereocenters. The summed E-state index contributed by atoms with van der Waals surface area (Å²) in [5.74, 6) is 2.39. The van der Waals surface area contributed by atoms with Gasteiger partial charge in [0.05, 0.1) is 6.61 Å². The topological polar surface area (TPSA) is 48.9 Å². The van der Waals surface area contributed by atoms with E-state index in [-0.39, 0.29) is 24.0 Å². The first-order valence-corrected chi connectivity index (χ1v) is 10.1. The number of nitrogens with one attached hydrogen (secondary N) is 2. The summed E-state index contributed by atoms with van der Waals surface area (Å²) < 4.78 is 5.18. The van der Waals surface area contributed by atoms with E-state index in [0.717, 1.165) is 45.3 Å². The van der Waals surface area contributed by atoms with Gasteiger partial charge in [0.2, 0.25) is 0 Å². The number of guanidine groups is 1. The summed E-state index contributed by atoms with van der Waals surface area (Å²) >= 11 is 0. The lowest BCUT2D eigenvalue weighted by Crippen LogP contribution is -2.49. The summed E-state index contributed by atoms with van der Waals surface area (Å²) in [7, 11) is 1.77. The molecule has 1 saturated heterocycles. The molecule has 2 unspecified atom stereocenters. The number of piperidine rings is 1. The standard InChI is InChI=1S/C21H34N4O.HI/c1-3-22-21(24-19-9-11-25(12-10-19)13-14-26-2)23-16-18-15-20(18)17-7-5-4-6-8-17;/h4-8,18-20H,3,9-16H2,1-2H3,(H2,22,23,24);1H. The van der Waals surface area contributed by atoms with Gasteiger partial charge in [0, 0.05) is 45.9 Å². The van der Waals surface area contributed by atoms with Crippen LogP contribution in [0, 0.1) is 5.92 Å². The third kappa shape index (κ3) is 7.23. The minimum absolute atomic E-state index is 0. The van der Waals surface area contributed by atoms with E-state index in [4.69, 9.17) is 9.73 Å². The van der Waals surface area contributed by atoms with Crippen molar-refractivity contribution >= 4 is 29.9 Å². The fourth-order valence-corrected chi connectivity index (χ4v) is 3.80. The van der Waals surface area contributed by atoms with E-state index < -0.39 is 0 Å². The molecule has 0 spiro atoms. The Balaban J connectivity index is 0.00000261. The molecule has 5 nitrogen and oxygen atoms in total. The van der Waals surface area contributed by atoms with Crippen LogP contribution in [0.3, 0.4) is 0 Å². The van der Waals surface area contributed by atoms with Crippen LogP contribution in [-0.2, 0) is 4.74 Å². The van der Waals surface area contributed by atoms with E-state index in [1.54, 1.807) is 7.11 Å². The van der Waals surface area contributed by atoms with Crippen LogP contribution in [0.2, 0.25) is 0 Å². The highest BCUT2D eigenvalue weighted by Crippen LogP contribution is 2.47. The average molecular weight is 486 g/mol. The van der Waals surface area contributed by atoms with Crippen LogP contribution >= 0.6 is 24.0 Å². The Labute approximate surface area is 181 Å². The van der Waals surface area contributed by atoms with Gasteiger partial charge in [-0.2, -0.15) is 0 Å². The van der Waals surface area contributed by atoms with Gasteiger partial charge in [-0.05, 0) is 43.6 Å². The highest BCUT2D eigenvalue weighted by molar-refractivity contribution is 14.0. The summed E-state index contributed by atoms with van der Waals surface area (Å²) in [6.07, 6.45) is 3.61. The fraction of sp³-hybridized carbons (Fsp3) is 0.667. The second-order valence-corrected chi connectivity index (χ2v) is 7.49. The van der Waals surface area contributed by atoms with Crippen molar-refractivity contribution in [1.29, 1.82) is 0 Å². The summed E-state index contributed by atoms with van der Waals surface area (Å²) in [5.41, 5.74) is 1.47. The molecule has 1 aromatic carbocycles. The number of hydrogen-bond donors (Lipinski definition) is 2. The maximum absolute atomic E-state index is 5.18. The number of likely N-dealkylation sites (tertiary alicyclic amines) is 1. The molecular formula is C21H35IN4O. The lowest BCUT2D eigenvalue weighted by Gasteiger charge is -2.32. The number of rotatable bonds is 8. The number of ether oxygens (including phenoxy) is 1. The molecule has 27 heavy (non-hydrogen) atoms. The van der Waals surface area contributed by atoms with Crippen molar-refractivity contribution in [1.82, 2.24) is 15.5 Å². The van der Waals surface area contributed by atoms with Crippen molar-refractivity contribution in [3.63, 3.8) is 0 Å². The van der Waals surface area contributed by atoms with E-state index in [2.05, 4.69) is 52.8 Å². The number of methoxy groups -OCH3 is 1. The Morgan fingerprint density at radius 1 is 1.22 bits per heavy atom. The first kappa shape index (κ1) is 22.4. The summed E-state index contributed by atoms with van der Waals surface area (Å²) in [6, 6.07) is 11.4. The van der Waals surface area contributed by atoms with Crippen LogP contribution in [0.25, 0.3) is 0 Å². The lowest BCUT2D eigenvalue weighted by molar-refractivity contribution is 0.128. The number of nitrogens with zero attached hydrogens (tertiary/aromatic N) is 2. The largest absolute Gasteiger partial charge is 0.383 e. The first-order valence-electron chi connectivity index (χ1n) is 10.1. The SMILES string of the molecule is CCNC(=NCC1CC1c1ccccc1)NC1CCN(CCOC)CC1.I. The van der Waals surface area contributed by atoms with Gasteiger partial charge in [-0.1, -0.05) is 30.3 Å². The van der Waals surface area contributed by atoms with Crippen molar-refractivity contribution in [3.05, 3.63) is 35.9 Å². The summed E-state index contributed by atoms with van der Waals surface area (Å²) in [4.78, 5) is 7.36. The van der Waals surface area contributed by atoms with Crippen LogP contribution in [0.4, 0.5) is 0 Å². The molecule has 6 heteroatoms. The van der Waals surface area contributed by atoms with Gasteiger partial charge in [-0.25, -0.2) is 0 Å². The Morgan fingerprint density at radius 3 is 2.63 bits per heavy atom. The molecular weight excluding hydrogens is 451 g/mol. The monoisotopic (exact) mass is 486 g/mol. The van der Waals surface area contributed by atoms with Crippen molar-refractivity contribution in [3.8, 4) is 0 Å². The van der Waals surface area contributed by atoms with Gasteiger partial charge in [0.15, 0.2) is 5.96 Å². The maximum atomic E-state index is 5.18. The zero-order chi connectivity index (χ0) is 18.2. The van der Waals surface area contributed by atoms with E-state index in [0.29, 0.717) is 17.9 Å². The molecule has 2 fully saturated rings. The zero-order valence-corrected chi connectivity index (χ0v) is 19.0. The molecule has 1 aliphatic heterocycles. The molecule has 3 rings (SSSR count). The second-order valence-electron chi connectivity index (χ2n) is 7.49. The molecule has 0 bridgehead atoms. The van der Waals surface area contributed by atoms with Gasteiger partial charge in [0.1, 0.15) is 0 Å². The first-order chi connectivity index (χ1) is 12.8. The molecule has 152 valence electrons. The molecule has 1 aromatic rings. The molecule has 1 saturated carbocycles. The Morgan fingerprint density at radius 2 is 1.96 bits per heavy atom. The van der Waals surface area contributed by atoms with Crippen molar-refractivity contribution in [2.75, 3.05) is 46.4 Å². The smallest absolute Gasteiger partial charge is 0.191 e. The Bertz CT molecular complexity index is 561. The van der Waals surface area contributed by atoms with E-state index >= 15 is 0 Å². The van der Waals surface area contributed by atoms with Gasteiger partial charge in [-0.3, -0.25) is 4.99 Å². The quantitative estimate of drug-likeness (QED) is 0.337. The van der Waals surface area contributed by atoms with E-state index in [9.17, 15) is 0 Å². The predicted molar refractivity (Wildman–Crippen MR) is 123 cm³/mol. The average Bonchev–Trinajstić information content (AvgIpc) is 3.46. The number of hydrogen-bond acceptors (Lipinski definition) is 3. The maximum Gasteiger partial charge on any atom is 0.191 e. The molecule has 2 N–H and O–H groups in total. The van der Waals surface area contributed by atoms with Gasteiger partial charge in [-0.15, -0.1) is 24.0 Å². The Hall–Kier alpha value is -0.860. The Kier molecular flexibility index (Phi) is 9.86. The van der Waals surface area contributed by atoms with E-state index in [1.165, 1.54) is 24.8 Å². The summed E-state index contributed by atoms with van der Waals surface area (Å²) in [6.45, 7) is 8.10. The normalized spacial score (nSPS) is 23.6. The van der Waals surface area contributed by atoms with Crippen LogP contribution in [0.5, 0.6) is 0 Å². The molecule has 1 heterocycles. The molecule has 2 aliphatic rings. The number of benzene rings is 1. The highest BCUT2D eigenvalue weighted by atomic mass is 127. The van der Waals surface area contributed by atoms with Crippen LogP contribution in [0.1, 0.15) is 37.7 Å². The third-order valence-electron chi connectivity index (χ3n) is 5.52. The van der Waals surface area contributed by atoms with Crippen LogP contribution in [-0.4, -0.2) is 63.3 Å². The van der Waals surface area contributed by atoms with Crippen molar-refractivity contribution in [2.24, 2.45) is 10.9 Å². The lowest BCUT2D eigenvalue weighted by atomic mass is 10.1. The van der Waals surface area contributed by atoms with Gasteiger partial charge >= 0.3 is 0 Å². The second kappa shape index (κ2) is 11.9. The van der Waals surface area contributed by atoms with Crippen LogP contribution in [0.15, 0.2) is 35.3 Å². The van der Waals surface area contributed by atoms with E-state index in [1.807, 2.05) is 0 Å². The fourth-order valence-electron chi connectivity index (χ4n) is 3.80. The van der Waals surface area contributed by atoms with Crippen LogP contribution < -0.4 is 10.6 Å².